The third-order valence-corrected chi connectivity index (χ3v) is 6.00. The number of carbonyl (C=O) groups is 1. The molecule has 0 amide bonds. The summed E-state index contributed by atoms with van der Waals surface area (Å²) in [4.78, 5) is 45.3. The average molecular weight is 290 g/mol. The van der Waals surface area contributed by atoms with Crippen molar-refractivity contribution in [2.24, 2.45) is 0 Å². The van der Waals surface area contributed by atoms with Crippen LogP contribution in [0.2, 0.25) is 0 Å². The molecule has 0 radical (unpaired) electrons. The smallest absolute Gasteiger partial charge is 0.340 e. The van der Waals surface area contributed by atoms with E-state index in [1.165, 1.54) is 0 Å². The van der Waals surface area contributed by atoms with Crippen LogP contribution < -0.4 is 0 Å². The molecule has 0 bridgehead atoms. The van der Waals surface area contributed by atoms with Gasteiger partial charge >= 0.3 is 21.2 Å². The van der Waals surface area contributed by atoms with E-state index in [4.69, 9.17) is 24.7 Å². The Morgan fingerprint density at radius 2 is 1.41 bits per heavy atom. The van der Waals surface area contributed by atoms with Crippen LogP contribution in [0.1, 0.15) is 32.1 Å². The molecular formula is C7H16O8P2. The lowest BCUT2D eigenvalue weighted by Gasteiger charge is -2.19. The highest BCUT2D eigenvalue weighted by Gasteiger charge is 2.42. The molecule has 0 aromatic rings. The van der Waals surface area contributed by atoms with Crippen LogP contribution in [0, 0.1) is 0 Å². The predicted molar refractivity (Wildman–Crippen MR) is 58.6 cm³/mol. The Labute approximate surface area is 98.0 Å². The molecule has 102 valence electrons. The van der Waals surface area contributed by atoms with E-state index in [1.54, 1.807) is 0 Å². The van der Waals surface area contributed by atoms with Crippen LogP contribution >= 0.6 is 15.2 Å². The quantitative estimate of drug-likeness (QED) is 0.323. The van der Waals surface area contributed by atoms with E-state index in [0.717, 1.165) is 0 Å². The second-order valence-corrected chi connectivity index (χ2v) is 7.66. The molecule has 17 heavy (non-hydrogen) atoms. The minimum Gasteiger partial charge on any atom is -0.481 e. The molecule has 10 heteroatoms. The summed E-state index contributed by atoms with van der Waals surface area (Å²) >= 11 is 0. The molecule has 0 fully saturated rings. The maximum absolute atomic E-state index is 10.9. The number of unbranched alkanes of at least 4 members (excludes halogenated alkanes) is 2. The maximum atomic E-state index is 10.9. The Bertz CT molecular complexity index is 320. The lowest BCUT2D eigenvalue weighted by Crippen LogP contribution is -2.09. The van der Waals surface area contributed by atoms with Gasteiger partial charge in [-0.05, 0) is 12.8 Å². The Balaban J connectivity index is 4.18. The normalized spacial score (nSPS) is 13.0. The molecule has 0 atom stereocenters. The molecule has 0 spiro atoms. The van der Waals surface area contributed by atoms with Gasteiger partial charge in [-0.15, -0.1) is 0 Å². The first-order valence-electron chi connectivity index (χ1n) is 4.87. The van der Waals surface area contributed by atoms with E-state index in [0.29, 0.717) is 12.8 Å². The number of hydrogen-bond acceptors (Lipinski definition) is 3. The molecule has 0 aliphatic rings. The molecule has 0 saturated heterocycles. The van der Waals surface area contributed by atoms with E-state index in [2.05, 4.69) is 0 Å². The molecule has 0 unspecified atom stereocenters. The minimum atomic E-state index is -4.84. The summed E-state index contributed by atoms with van der Waals surface area (Å²) in [5.74, 6) is -0.980. The van der Waals surface area contributed by atoms with Crippen LogP contribution in [0.25, 0.3) is 0 Å². The minimum absolute atomic E-state index is 0.0729. The number of aliphatic carboxylic acids is 1. The average Bonchev–Trinajstić information content (AvgIpc) is 2.05. The van der Waals surface area contributed by atoms with Crippen molar-refractivity contribution in [2.75, 3.05) is 0 Å². The largest absolute Gasteiger partial charge is 0.481 e. The van der Waals surface area contributed by atoms with Gasteiger partial charge < -0.3 is 24.7 Å². The highest BCUT2D eigenvalue weighted by atomic mass is 31.2. The standard InChI is InChI=1S/C7H16O8P2/c8-6(9)4-2-1-3-5-7(16(10,11)12)17(13,14)15/h7H,1-5H2,(H,8,9)(H2,10,11,12)(H2,13,14,15). The van der Waals surface area contributed by atoms with Crippen molar-refractivity contribution in [3.05, 3.63) is 0 Å². The molecule has 0 aliphatic heterocycles. The molecule has 0 saturated carbocycles. The monoisotopic (exact) mass is 290 g/mol. The van der Waals surface area contributed by atoms with E-state index in [9.17, 15) is 13.9 Å². The Hall–Kier alpha value is -0.230. The first kappa shape index (κ1) is 16.8. The van der Waals surface area contributed by atoms with E-state index < -0.39 is 26.6 Å². The molecule has 0 aromatic heterocycles. The van der Waals surface area contributed by atoms with Gasteiger partial charge in [-0.25, -0.2) is 0 Å². The summed E-state index contributed by atoms with van der Waals surface area (Å²) in [5.41, 5.74) is 0. The first-order valence-corrected chi connectivity index (χ1v) is 8.23. The van der Waals surface area contributed by atoms with Gasteiger partial charge in [0.25, 0.3) is 0 Å². The van der Waals surface area contributed by atoms with Crippen molar-refractivity contribution in [3.8, 4) is 0 Å². The van der Waals surface area contributed by atoms with Gasteiger partial charge in [-0.3, -0.25) is 13.9 Å². The highest BCUT2D eigenvalue weighted by Crippen LogP contribution is 2.61. The van der Waals surface area contributed by atoms with E-state index >= 15 is 0 Å². The maximum Gasteiger partial charge on any atom is 0.340 e. The van der Waals surface area contributed by atoms with Crippen molar-refractivity contribution in [3.63, 3.8) is 0 Å². The van der Waals surface area contributed by atoms with Crippen LogP contribution in [-0.4, -0.2) is 36.0 Å². The summed E-state index contributed by atoms with van der Waals surface area (Å²) < 4.78 is 21.7. The predicted octanol–water partition coefficient (Wildman–Crippen LogP) is 0.703. The number of carboxylic acid groups (broad SMARTS) is 1. The second kappa shape index (κ2) is 6.64. The fourth-order valence-electron chi connectivity index (χ4n) is 1.31. The van der Waals surface area contributed by atoms with Crippen LogP contribution in [0.5, 0.6) is 0 Å². The van der Waals surface area contributed by atoms with Gasteiger partial charge in [0.1, 0.15) is 0 Å². The first-order chi connectivity index (χ1) is 7.55. The summed E-state index contributed by atoms with van der Waals surface area (Å²) in [7, 11) is -9.69. The Morgan fingerprint density at radius 3 is 1.76 bits per heavy atom. The zero-order chi connectivity index (χ0) is 13.7. The Morgan fingerprint density at radius 1 is 0.941 bits per heavy atom. The van der Waals surface area contributed by atoms with Gasteiger partial charge in [0.15, 0.2) is 5.40 Å². The topological polar surface area (TPSA) is 152 Å². The van der Waals surface area contributed by atoms with Gasteiger partial charge in [-0.2, -0.15) is 0 Å². The molecule has 0 aromatic carbocycles. The van der Waals surface area contributed by atoms with E-state index in [1.807, 2.05) is 0 Å². The molecule has 0 rings (SSSR count). The zero-order valence-electron chi connectivity index (χ0n) is 8.97. The third kappa shape index (κ3) is 7.65. The molecule has 8 nitrogen and oxygen atoms in total. The molecular weight excluding hydrogens is 274 g/mol. The van der Waals surface area contributed by atoms with Gasteiger partial charge in [0.2, 0.25) is 0 Å². The third-order valence-electron chi connectivity index (χ3n) is 2.13. The van der Waals surface area contributed by atoms with Crippen LogP contribution in [0.15, 0.2) is 0 Å². The summed E-state index contributed by atoms with van der Waals surface area (Å²) in [6.45, 7) is 0. The Kier molecular flexibility index (Phi) is 6.55. The summed E-state index contributed by atoms with van der Waals surface area (Å²) in [6, 6.07) is 0. The number of rotatable bonds is 8. The fourth-order valence-corrected chi connectivity index (χ4v) is 3.92. The lowest BCUT2D eigenvalue weighted by molar-refractivity contribution is -0.137. The summed E-state index contributed by atoms with van der Waals surface area (Å²) in [6.07, 6.45) is 0.423. The highest BCUT2D eigenvalue weighted by molar-refractivity contribution is 7.70. The van der Waals surface area contributed by atoms with Gasteiger partial charge in [0, 0.05) is 6.42 Å². The van der Waals surface area contributed by atoms with Crippen LogP contribution in [-0.2, 0) is 13.9 Å². The van der Waals surface area contributed by atoms with Crippen LogP contribution in [0.3, 0.4) is 0 Å². The molecule has 0 heterocycles. The van der Waals surface area contributed by atoms with Crippen molar-refractivity contribution in [1.82, 2.24) is 0 Å². The fraction of sp³-hybridized carbons (Fsp3) is 0.857. The van der Waals surface area contributed by atoms with Crippen molar-refractivity contribution >= 4 is 21.2 Å². The zero-order valence-corrected chi connectivity index (χ0v) is 10.8. The van der Waals surface area contributed by atoms with Crippen molar-refractivity contribution in [2.45, 2.75) is 37.5 Å². The van der Waals surface area contributed by atoms with Crippen molar-refractivity contribution < 1.29 is 38.6 Å². The SMILES string of the molecule is O=C(O)CCCCCC(P(=O)(O)O)P(=O)(O)O. The summed E-state index contributed by atoms with van der Waals surface area (Å²) in [5, 5.41) is 6.35. The van der Waals surface area contributed by atoms with Gasteiger partial charge in [0.05, 0.1) is 0 Å². The molecule has 0 aliphatic carbocycles. The van der Waals surface area contributed by atoms with Crippen LogP contribution in [0.4, 0.5) is 0 Å². The second-order valence-electron chi connectivity index (χ2n) is 3.65. The number of carboxylic acids is 1. The lowest BCUT2D eigenvalue weighted by atomic mass is 10.1. The van der Waals surface area contributed by atoms with Gasteiger partial charge in [-0.1, -0.05) is 12.8 Å². The van der Waals surface area contributed by atoms with E-state index in [-0.39, 0.29) is 19.3 Å². The van der Waals surface area contributed by atoms with Crippen molar-refractivity contribution in [1.29, 1.82) is 0 Å². The molecule has 5 N–H and O–H groups in total. The number of hydrogen-bond donors (Lipinski definition) is 5.